The first-order chi connectivity index (χ1) is 9.34. The average Bonchev–Trinajstić information content (AvgIpc) is 2.76. The highest BCUT2D eigenvalue weighted by Gasteiger charge is 2.14. The lowest BCUT2D eigenvalue weighted by Gasteiger charge is -2.22. The van der Waals surface area contributed by atoms with Crippen LogP contribution < -0.4 is 5.32 Å². The number of fused-ring (bicyclic) bond motifs is 1. The maximum Gasteiger partial charge on any atom is 0.134 e. The van der Waals surface area contributed by atoms with Gasteiger partial charge in [-0.05, 0) is 32.3 Å². The van der Waals surface area contributed by atoms with Crippen LogP contribution in [0.2, 0.25) is 0 Å². The third-order valence-electron chi connectivity index (χ3n) is 3.85. The lowest BCUT2D eigenvalue weighted by molar-refractivity contribution is 0.0168. The molecule has 2 aromatic rings. The molecule has 0 amide bonds. The van der Waals surface area contributed by atoms with Crippen LogP contribution in [0.15, 0.2) is 28.7 Å². The second kappa shape index (κ2) is 5.76. The summed E-state index contributed by atoms with van der Waals surface area (Å²) < 4.78 is 11.5. The van der Waals surface area contributed by atoms with Crippen molar-refractivity contribution in [1.82, 2.24) is 5.32 Å². The van der Waals surface area contributed by atoms with Crippen molar-refractivity contribution in [2.75, 3.05) is 13.2 Å². The van der Waals surface area contributed by atoms with E-state index >= 15 is 0 Å². The fourth-order valence-corrected chi connectivity index (χ4v) is 2.77. The number of hydrogen-bond acceptors (Lipinski definition) is 3. The summed E-state index contributed by atoms with van der Waals surface area (Å²) in [6.07, 6.45) is 4.06. The second-order valence-corrected chi connectivity index (χ2v) is 5.25. The maximum atomic E-state index is 5.77. The van der Waals surface area contributed by atoms with Crippen LogP contribution in [0.1, 0.15) is 30.6 Å². The Kier molecular flexibility index (Phi) is 3.85. The van der Waals surface area contributed by atoms with Crippen molar-refractivity contribution in [2.45, 2.75) is 38.8 Å². The molecule has 1 aromatic heterocycles. The monoisotopic (exact) mass is 259 g/mol. The highest BCUT2D eigenvalue weighted by Crippen LogP contribution is 2.25. The molecule has 1 aromatic carbocycles. The van der Waals surface area contributed by atoms with E-state index in [0.29, 0.717) is 6.10 Å². The molecule has 1 unspecified atom stereocenters. The van der Waals surface area contributed by atoms with Crippen LogP contribution in [0.25, 0.3) is 11.0 Å². The fourth-order valence-electron chi connectivity index (χ4n) is 2.77. The number of furan rings is 1. The lowest BCUT2D eigenvalue weighted by Crippen LogP contribution is -2.31. The third kappa shape index (κ3) is 2.82. The van der Waals surface area contributed by atoms with E-state index in [0.717, 1.165) is 31.0 Å². The van der Waals surface area contributed by atoms with Crippen LogP contribution in [0.4, 0.5) is 0 Å². The quantitative estimate of drug-likeness (QED) is 0.913. The summed E-state index contributed by atoms with van der Waals surface area (Å²) in [6.45, 7) is 4.73. The SMILES string of the molecule is Cc1oc2ccccc2c1CNCC1CCCCO1. The van der Waals surface area contributed by atoms with Crippen LogP contribution in [-0.2, 0) is 11.3 Å². The molecule has 3 rings (SSSR count). The smallest absolute Gasteiger partial charge is 0.134 e. The molecule has 1 saturated heterocycles. The minimum Gasteiger partial charge on any atom is -0.461 e. The van der Waals surface area contributed by atoms with Crippen molar-refractivity contribution in [1.29, 1.82) is 0 Å². The van der Waals surface area contributed by atoms with Gasteiger partial charge in [0.15, 0.2) is 0 Å². The molecule has 1 fully saturated rings. The summed E-state index contributed by atoms with van der Waals surface area (Å²) in [4.78, 5) is 0. The molecule has 1 aliphatic heterocycles. The van der Waals surface area contributed by atoms with E-state index < -0.39 is 0 Å². The van der Waals surface area contributed by atoms with Crippen LogP contribution in [-0.4, -0.2) is 19.3 Å². The Labute approximate surface area is 113 Å². The molecule has 102 valence electrons. The Morgan fingerprint density at radius 3 is 3.00 bits per heavy atom. The van der Waals surface area contributed by atoms with Gasteiger partial charge in [-0.1, -0.05) is 18.2 Å². The highest BCUT2D eigenvalue weighted by molar-refractivity contribution is 5.82. The molecular weight excluding hydrogens is 238 g/mol. The molecule has 0 saturated carbocycles. The van der Waals surface area contributed by atoms with E-state index in [9.17, 15) is 0 Å². The number of hydrogen-bond donors (Lipinski definition) is 1. The van der Waals surface area contributed by atoms with Crippen LogP contribution in [0.3, 0.4) is 0 Å². The molecule has 0 bridgehead atoms. The van der Waals surface area contributed by atoms with Crippen molar-refractivity contribution in [3.05, 3.63) is 35.6 Å². The predicted octanol–water partition coefficient (Wildman–Crippen LogP) is 3.40. The van der Waals surface area contributed by atoms with Crippen LogP contribution >= 0.6 is 0 Å². The second-order valence-electron chi connectivity index (χ2n) is 5.25. The normalized spacial score (nSPS) is 19.9. The zero-order valence-corrected chi connectivity index (χ0v) is 11.4. The van der Waals surface area contributed by atoms with E-state index in [1.54, 1.807) is 0 Å². The zero-order chi connectivity index (χ0) is 13.1. The van der Waals surface area contributed by atoms with Crippen molar-refractivity contribution < 1.29 is 9.15 Å². The van der Waals surface area contributed by atoms with Gasteiger partial charge in [-0.3, -0.25) is 0 Å². The van der Waals surface area contributed by atoms with Crippen LogP contribution in [0.5, 0.6) is 0 Å². The van der Waals surface area contributed by atoms with Gasteiger partial charge in [0.2, 0.25) is 0 Å². The molecule has 19 heavy (non-hydrogen) atoms. The molecule has 0 aliphatic carbocycles. The van der Waals surface area contributed by atoms with Gasteiger partial charge >= 0.3 is 0 Å². The molecule has 3 nitrogen and oxygen atoms in total. The standard InChI is InChI=1S/C16H21NO2/c1-12-15(14-7-2-3-8-16(14)19-12)11-17-10-13-6-4-5-9-18-13/h2-3,7-8,13,17H,4-6,9-11H2,1H3. The molecule has 1 N–H and O–H groups in total. The number of nitrogens with one attached hydrogen (secondary N) is 1. The molecule has 0 spiro atoms. The topological polar surface area (TPSA) is 34.4 Å². The largest absolute Gasteiger partial charge is 0.461 e. The zero-order valence-electron chi connectivity index (χ0n) is 11.4. The van der Waals surface area contributed by atoms with Crippen molar-refractivity contribution in [3.63, 3.8) is 0 Å². The Bertz CT molecular complexity index is 541. The van der Waals surface area contributed by atoms with E-state index in [1.165, 1.54) is 30.2 Å². The molecule has 0 radical (unpaired) electrons. The fraction of sp³-hybridized carbons (Fsp3) is 0.500. The number of rotatable bonds is 4. The van der Waals surface area contributed by atoms with Crippen molar-refractivity contribution >= 4 is 11.0 Å². The van der Waals surface area contributed by atoms with Crippen molar-refractivity contribution in [2.24, 2.45) is 0 Å². The van der Waals surface area contributed by atoms with E-state index in [1.807, 2.05) is 19.1 Å². The Balaban J connectivity index is 1.63. The van der Waals surface area contributed by atoms with Gasteiger partial charge in [0.25, 0.3) is 0 Å². The average molecular weight is 259 g/mol. The van der Waals surface area contributed by atoms with Crippen molar-refractivity contribution in [3.8, 4) is 0 Å². The van der Waals surface area contributed by atoms with Gasteiger partial charge in [0, 0.05) is 30.6 Å². The number of aryl methyl sites for hydroxylation is 1. The summed E-state index contributed by atoms with van der Waals surface area (Å²) in [5.41, 5.74) is 2.25. The van der Waals surface area contributed by atoms with Crippen LogP contribution in [0, 0.1) is 6.92 Å². The van der Waals surface area contributed by atoms with Gasteiger partial charge in [-0.25, -0.2) is 0 Å². The molecule has 1 aliphatic rings. The Hall–Kier alpha value is -1.32. The summed E-state index contributed by atoms with van der Waals surface area (Å²) in [5, 5.41) is 4.72. The number of benzene rings is 1. The van der Waals surface area contributed by atoms with Gasteiger partial charge in [0.05, 0.1) is 6.10 Å². The minimum atomic E-state index is 0.382. The summed E-state index contributed by atoms with van der Waals surface area (Å²) in [5.74, 6) is 1.01. The third-order valence-corrected chi connectivity index (χ3v) is 3.85. The van der Waals surface area contributed by atoms with E-state index in [2.05, 4.69) is 17.4 Å². The van der Waals surface area contributed by atoms with Gasteiger partial charge in [0.1, 0.15) is 11.3 Å². The Morgan fingerprint density at radius 1 is 1.26 bits per heavy atom. The van der Waals surface area contributed by atoms with E-state index in [4.69, 9.17) is 9.15 Å². The van der Waals surface area contributed by atoms with E-state index in [-0.39, 0.29) is 0 Å². The van der Waals surface area contributed by atoms with Gasteiger partial charge in [-0.2, -0.15) is 0 Å². The summed E-state index contributed by atoms with van der Waals surface area (Å²) in [6, 6.07) is 8.22. The first-order valence-electron chi connectivity index (χ1n) is 7.14. The summed E-state index contributed by atoms with van der Waals surface area (Å²) >= 11 is 0. The minimum absolute atomic E-state index is 0.382. The molecular formula is C16H21NO2. The molecule has 3 heteroatoms. The first kappa shape index (κ1) is 12.7. The first-order valence-corrected chi connectivity index (χ1v) is 7.14. The highest BCUT2D eigenvalue weighted by atomic mass is 16.5. The van der Waals surface area contributed by atoms with Gasteiger partial charge in [-0.15, -0.1) is 0 Å². The lowest BCUT2D eigenvalue weighted by atomic mass is 10.1. The molecule has 2 heterocycles. The number of para-hydroxylation sites is 1. The maximum absolute atomic E-state index is 5.77. The molecule has 1 atom stereocenters. The van der Waals surface area contributed by atoms with Gasteiger partial charge < -0.3 is 14.5 Å². The predicted molar refractivity (Wildman–Crippen MR) is 76.2 cm³/mol. The number of ether oxygens (including phenoxy) is 1. The summed E-state index contributed by atoms with van der Waals surface area (Å²) in [7, 11) is 0. The Morgan fingerprint density at radius 2 is 2.16 bits per heavy atom.